The summed E-state index contributed by atoms with van der Waals surface area (Å²) in [5.41, 5.74) is 0. The van der Waals surface area contributed by atoms with E-state index in [0.717, 1.165) is 6.42 Å². The van der Waals surface area contributed by atoms with Gasteiger partial charge in [0, 0.05) is 6.42 Å². The number of amides is 1. The van der Waals surface area contributed by atoms with Crippen molar-refractivity contribution < 1.29 is 9.22 Å². The van der Waals surface area contributed by atoms with Crippen molar-refractivity contribution in [3.05, 3.63) is 0 Å². The van der Waals surface area contributed by atoms with E-state index in [-0.39, 0.29) is 11.9 Å². The second-order valence-corrected chi connectivity index (χ2v) is 8.74. The quantitative estimate of drug-likeness (QED) is 0.672. The molecule has 3 nitrogen and oxygen atoms in total. The first kappa shape index (κ1) is 9.73. The maximum absolute atomic E-state index is 10.8. The molecule has 1 aliphatic heterocycles. The minimum Gasteiger partial charge on any atom is -0.416 e. The molecule has 70 valence electrons. The lowest BCUT2D eigenvalue weighted by atomic mass is 10.2. The minimum atomic E-state index is -1.40. The lowest BCUT2D eigenvalue weighted by Crippen LogP contribution is -2.35. The van der Waals surface area contributed by atoms with Gasteiger partial charge in [0.15, 0.2) is 8.32 Å². The molecular formula is C8H17NO2Si. The monoisotopic (exact) mass is 187 g/mol. The zero-order valence-corrected chi connectivity index (χ0v) is 9.02. The van der Waals surface area contributed by atoms with Crippen LogP contribution in [0.3, 0.4) is 0 Å². The summed E-state index contributed by atoms with van der Waals surface area (Å²) in [4.78, 5) is 10.8. The molecule has 0 aromatic carbocycles. The van der Waals surface area contributed by atoms with Gasteiger partial charge in [0.1, 0.15) is 0 Å². The van der Waals surface area contributed by atoms with Crippen molar-refractivity contribution in [3.63, 3.8) is 0 Å². The smallest absolute Gasteiger partial charge is 0.220 e. The first-order valence-corrected chi connectivity index (χ1v) is 7.81. The van der Waals surface area contributed by atoms with Gasteiger partial charge in [-0.05, 0) is 26.1 Å². The van der Waals surface area contributed by atoms with Crippen molar-refractivity contribution >= 4 is 14.2 Å². The van der Waals surface area contributed by atoms with E-state index in [2.05, 4.69) is 25.0 Å². The number of hydrogen-bond acceptors (Lipinski definition) is 2. The molecule has 4 heteroatoms. The largest absolute Gasteiger partial charge is 0.416 e. The van der Waals surface area contributed by atoms with Crippen LogP contribution in [0.15, 0.2) is 0 Å². The number of carbonyl (C=O) groups is 1. The maximum Gasteiger partial charge on any atom is 0.220 e. The zero-order chi connectivity index (χ0) is 9.19. The summed E-state index contributed by atoms with van der Waals surface area (Å²) in [6.45, 7) is 7.17. The van der Waals surface area contributed by atoms with Crippen molar-refractivity contribution in [1.82, 2.24) is 5.32 Å². The van der Waals surface area contributed by atoms with Crippen molar-refractivity contribution in [3.8, 4) is 0 Å². The lowest BCUT2D eigenvalue weighted by molar-refractivity contribution is -0.119. The zero-order valence-electron chi connectivity index (χ0n) is 8.02. The van der Waals surface area contributed by atoms with Gasteiger partial charge in [0.2, 0.25) is 5.91 Å². The third kappa shape index (κ3) is 3.36. The molecule has 0 spiro atoms. The fourth-order valence-corrected chi connectivity index (χ4v) is 1.85. The summed E-state index contributed by atoms with van der Waals surface area (Å²) in [7, 11) is -1.40. The Bertz CT molecular complexity index is 176. The summed E-state index contributed by atoms with van der Waals surface area (Å²) in [6, 6.07) is 0.268. The summed E-state index contributed by atoms with van der Waals surface area (Å²) in [6.07, 6.45) is 1.60. The van der Waals surface area contributed by atoms with E-state index in [1.54, 1.807) is 0 Å². The van der Waals surface area contributed by atoms with Crippen LogP contribution in [0, 0.1) is 0 Å². The van der Waals surface area contributed by atoms with Gasteiger partial charge in [0.05, 0.1) is 12.6 Å². The molecule has 1 N–H and O–H groups in total. The van der Waals surface area contributed by atoms with Crippen molar-refractivity contribution in [2.75, 3.05) is 6.61 Å². The fraction of sp³-hybridized carbons (Fsp3) is 0.875. The molecule has 1 amide bonds. The number of nitrogens with one attached hydrogen (secondary N) is 1. The number of hydrogen-bond donors (Lipinski definition) is 1. The van der Waals surface area contributed by atoms with Crippen LogP contribution in [0.5, 0.6) is 0 Å². The van der Waals surface area contributed by atoms with Crippen LogP contribution in [0.2, 0.25) is 19.6 Å². The summed E-state index contributed by atoms with van der Waals surface area (Å²) in [5, 5.41) is 2.88. The van der Waals surface area contributed by atoms with Gasteiger partial charge >= 0.3 is 0 Å². The predicted octanol–water partition coefficient (Wildman–Crippen LogP) is 1.12. The van der Waals surface area contributed by atoms with Crippen LogP contribution < -0.4 is 5.32 Å². The topological polar surface area (TPSA) is 38.3 Å². The van der Waals surface area contributed by atoms with Gasteiger partial charge in [-0.3, -0.25) is 4.79 Å². The highest BCUT2D eigenvalue weighted by Gasteiger charge is 2.23. The van der Waals surface area contributed by atoms with E-state index >= 15 is 0 Å². The Balaban J connectivity index is 2.20. The maximum atomic E-state index is 10.8. The predicted molar refractivity (Wildman–Crippen MR) is 50.5 cm³/mol. The Hall–Kier alpha value is -0.353. The molecule has 12 heavy (non-hydrogen) atoms. The molecule has 1 unspecified atom stereocenters. The highest BCUT2D eigenvalue weighted by molar-refractivity contribution is 6.69. The van der Waals surface area contributed by atoms with Gasteiger partial charge in [-0.15, -0.1) is 0 Å². The molecule has 1 heterocycles. The van der Waals surface area contributed by atoms with Gasteiger partial charge in [-0.2, -0.15) is 0 Å². The van der Waals surface area contributed by atoms with Crippen LogP contribution in [0.4, 0.5) is 0 Å². The van der Waals surface area contributed by atoms with Crippen LogP contribution in [-0.4, -0.2) is 26.9 Å². The van der Waals surface area contributed by atoms with Gasteiger partial charge < -0.3 is 9.74 Å². The molecule has 0 bridgehead atoms. The first-order valence-electron chi connectivity index (χ1n) is 4.41. The number of carbonyl (C=O) groups excluding carboxylic acids is 1. The SMILES string of the molecule is C[Si](C)(C)OCC1CCC(=O)N1. The molecule has 0 aromatic rings. The Kier molecular flexibility index (Phi) is 2.90. The fourth-order valence-electron chi connectivity index (χ4n) is 1.15. The Morgan fingerprint density at radius 3 is 2.67 bits per heavy atom. The second kappa shape index (κ2) is 3.58. The summed E-state index contributed by atoms with van der Waals surface area (Å²) >= 11 is 0. The van der Waals surface area contributed by atoms with Crippen LogP contribution in [0.25, 0.3) is 0 Å². The lowest BCUT2D eigenvalue weighted by Gasteiger charge is -2.20. The molecule has 0 aromatic heterocycles. The molecule has 1 aliphatic rings. The average molecular weight is 187 g/mol. The standard InChI is InChI=1S/C8H17NO2Si/c1-12(2,3)11-6-7-4-5-8(10)9-7/h7H,4-6H2,1-3H3,(H,9,10). The highest BCUT2D eigenvalue weighted by atomic mass is 28.4. The normalized spacial score (nSPS) is 24.2. The number of rotatable bonds is 3. The van der Waals surface area contributed by atoms with E-state index in [0.29, 0.717) is 13.0 Å². The van der Waals surface area contributed by atoms with E-state index in [1.165, 1.54) is 0 Å². The average Bonchev–Trinajstić information content (AvgIpc) is 2.30. The molecule has 1 fully saturated rings. The van der Waals surface area contributed by atoms with Crippen LogP contribution in [0.1, 0.15) is 12.8 Å². The van der Waals surface area contributed by atoms with E-state index in [1.807, 2.05) is 0 Å². The first-order chi connectivity index (χ1) is 5.47. The van der Waals surface area contributed by atoms with Crippen LogP contribution in [-0.2, 0) is 9.22 Å². The van der Waals surface area contributed by atoms with Crippen molar-refractivity contribution in [2.24, 2.45) is 0 Å². The molecule has 1 atom stereocenters. The van der Waals surface area contributed by atoms with Crippen LogP contribution >= 0.6 is 0 Å². The van der Waals surface area contributed by atoms with E-state index < -0.39 is 8.32 Å². The minimum absolute atomic E-state index is 0.166. The van der Waals surface area contributed by atoms with E-state index in [9.17, 15) is 4.79 Å². The summed E-state index contributed by atoms with van der Waals surface area (Å²) < 4.78 is 5.69. The van der Waals surface area contributed by atoms with Gasteiger partial charge in [-0.1, -0.05) is 0 Å². The molecule has 0 saturated carbocycles. The molecule has 0 aliphatic carbocycles. The van der Waals surface area contributed by atoms with Crippen molar-refractivity contribution in [2.45, 2.75) is 38.5 Å². The Labute approximate surface area is 74.6 Å². The molecule has 1 saturated heterocycles. The molecule has 0 radical (unpaired) electrons. The molecular weight excluding hydrogens is 170 g/mol. The highest BCUT2D eigenvalue weighted by Crippen LogP contribution is 2.10. The Morgan fingerprint density at radius 1 is 1.58 bits per heavy atom. The van der Waals surface area contributed by atoms with Crippen molar-refractivity contribution in [1.29, 1.82) is 0 Å². The van der Waals surface area contributed by atoms with Gasteiger partial charge in [0.25, 0.3) is 0 Å². The molecule has 1 rings (SSSR count). The third-order valence-corrected chi connectivity index (χ3v) is 2.84. The Morgan fingerprint density at radius 2 is 2.25 bits per heavy atom. The summed E-state index contributed by atoms with van der Waals surface area (Å²) in [5.74, 6) is 0.166. The van der Waals surface area contributed by atoms with E-state index in [4.69, 9.17) is 4.43 Å². The van der Waals surface area contributed by atoms with Gasteiger partial charge in [-0.25, -0.2) is 0 Å². The second-order valence-electron chi connectivity index (χ2n) is 4.23. The third-order valence-electron chi connectivity index (χ3n) is 1.80.